The summed E-state index contributed by atoms with van der Waals surface area (Å²) < 4.78 is 7.46. The van der Waals surface area contributed by atoms with Crippen LogP contribution in [0.25, 0.3) is 0 Å². The molecular weight excluding hydrogens is 178 g/mol. The largest absolute Gasteiger partial charge is 0.379 e. The molecular formula is C10H19N3O. The van der Waals surface area contributed by atoms with E-state index < -0.39 is 0 Å². The Labute approximate surface area is 85.1 Å². The minimum absolute atomic E-state index is 0.500. The van der Waals surface area contributed by atoms with E-state index in [0.29, 0.717) is 12.5 Å². The third kappa shape index (κ3) is 3.89. The van der Waals surface area contributed by atoms with Crippen LogP contribution in [0.5, 0.6) is 0 Å². The average molecular weight is 197 g/mol. The lowest BCUT2D eigenvalue weighted by Gasteiger charge is -2.06. The molecule has 1 heterocycles. The van der Waals surface area contributed by atoms with Crippen molar-refractivity contribution in [2.75, 3.05) is 13.2 Å². The van der Waals surface area contributed by atoms with Gasteiger partial charge in [-0.2, -0.15) is 0 Å². The lowest BCUT2D eigenvalue weighted by atomic mass is 10.2. The molecule has 0 unspecified atom stereocenters. The fourth-order valence-electron chi connectivity index (χ4n) is 1.12. The van der Waals surface area contributed by atoms with E-state index in [1.54, 1.807) is 6.33 Å². The van der Waals surface area contributed by atoms with Crippen molar-refractivity contribution < 1.29 is 4.74 Å². The van der Waals surface area contributed by atoms with Gasteiger partial charge in [0.05, 0.1) is 18.6 Å². The van der Waals surface area contributed by atoms with Crippen molar-refractivity contribution in [3.05, 3.63) is 18.2 Å². The van der Waals surface area contributed by atoms with Crippen molar-refractivity contribution >= 4 is 0 Å². The highest BCUT2D eigenvalue weighted by Crippen LogP contribution is 1.96. The van der Waals surface area contributed by atoms with Crippen LogP contribution < -0.4 is 5.73 Å². The average Bonchev–Trinajstić information content (AvgIpc) is 2.60. The van der Waals surface area contributed by atoms with E-state index in [1.807, 2.05) is 10.8 Å². The van der Waals surface area contributed by atoms with Crippen LogP contribution in [0.3, 0.4) is 0 Å². The van der Waals surface area contributed by atoms with Gasteiger partial charge in [-0.1, -0.05) is 13.8 Å². The molecule has 0 saturated carbocycles. The number of hydrogen-bond acceptors (Lipinski definition) is 3. The van der Waals surface area contributed by atoms with Crippen LogP contribution in [0, 0.1) is 5.92 Å². The van der Waals surface area contributed by atoms with Crippen molar-refractivity contribution in [2.45, 2.75) is 26.9 Å². The van der Waals surface area contributed by atoms with Gasteiger partial charge in [0.15, 0.2) is 0 Å². The molecule has 1 aromatic heterocycles. The molecule has 1 aromatic rings. The van der Waals surface area contributed by atoms with E-state index in [0.717, 1.165) is 25.5 Å². The minimum Gasteiger partial charge on any atom is -0.379 e. The Hall–Kier alpha value is -0.870. The maximum atomic E-state index is 5.46. The summed E-state index contributed by atoms with van der Waals surface area (Å²) in [7, 11) is 0. The monoisotopic (exact) mass is 197 g/mol. The van der Waals surface area contributed by atoms with Crippen LogP contribution in [0.1, 0.15) is 19.5 Å². The molecule has 4 nitrogen and oxygen atoms in total. The van der Waals surface area contributed by atoms with E-state index in [9.17, 15) is 0 Å². The van der Waals surface area contributed by atoms with Crippen molar-refractivity contribution in [3.8, 4) is 0 Å². The maximum Gasteiger partial charge on any atom is 0.0950 e. The van der Waals surface area contributed by atoms with Gasteiger partial charge >= 0.3 is 0 Å². The normalized spacial score (nSPS) is 11.1. The van der Waals surface area contributed by atoms with Gasteiger partial charge in [0.2, 0.25) is 0 Å². The van der Waals surface area contributed by atoms with Crippen molar-refractivity contribution in [3.63, 3.8) is 0 Å². The van der Waals surface area contributed by atoms with Crippen molar-refractivity contribution in [2.24, 2.45) is 11.7 Å². The van der Waals surface area contributed by atoms with Crippen LogP contribution in [-0.2, 0) is 17.8 Å². The van der Waals surface area contributed by atoms with Crippen LogP contribution in [0.4, 0.5) is 0 Å². The molecule has 0 atom stereocenters. The van der Waals surface area contributed by atoms with E-state index >= 15 is 0 Å². The Balaban J connectivity index is 2.18. The van der Waals surface area contributed by atoms with E-state index in [1.165, 1.54) is 0 Å². The Morgan fingerprint density at radius 2 is 2.36 bits per heavy atom. The molecule has 0 spiro atoms. The highest BCUT2D eigenvalue weighted by Gasteiger charge is 1.97. The molecule has 0 saturated heterocycles. The molecule has 0 aliphatic carbocycles. The van der Waals surface area contributed by atoms with E-state index in [4.69, 9.17) is 10.5 Å². The summed E-state index contributed by atoms with van der Waals surface area (Å²) in [4.78, 5) is 4.13. The lowest BCUT2D eigenvalue weighted by Crippen LogP contribution is -2.08. The predicted molar refractivity (Wildman–Crippen MR) is 55.8 cm³/mol. The summed E-state index contributed by atoms with van der Waals surface area (Å²) in [6.45, 7) is 7.18. The van der Waals surface area contributed by atoms with Crippen LogP contribution in [-0.4, -0.2) is 22.8 Å². The predicted octanol–water partition coefficient (Wildman–Crippen LogP) is 1.01. The number of aromatic nitrogens is 2. The second-order valence-electron chi connectivity index (χ2n) is 3.78. The SMILES string of the molecule is CC(C)COCCn1cnc(CN)c1. The molecule has 80 valence electrons. The molecule has 14 heavy (non-hydrogen) atoms. The summed E-state index contributed by atoms with van der Waals surface area (Å²) >= 11 is 0. The third-order valence-electron chi connectivity index (χ3n) is 1.84. The lowest BCUT2D eigenvalue weighted by molar-refractivity contribution is 0.103. The fourth-order valence-corrected chi connectivity index (χ4v) is 1.12. The first-order valence-corrected chi connectivity index (χ1v) is 5.01. The molecule has 4 heteroatoms. The van der Waals surface area contributed by atoms with E-state index in [2.05, 4.69) is 18.8 Å². The van der Waals surface area contributed by atoms with Crippen LogP contribution in [0.15, 0.2) is 12.5 Å². The number of nitrogens with zero attached hydrogens (tertiary/aromatic N) is 2. The first-order chi connectivity index (χ1) is 6.72. The number of hydrogen-bond donors (Lipinski definition) is 1. The van der Waals surface area contributed by atoms with Crippen LogP contribution >= 0.6 is 0 Å². The molecule has 0 radical (unpaired) electrons. The highest BCUT2D eigenvalue weighted by molar-refractivity contribution is 4.95. The fraction of sp³-hybridized carbons (Fsp3) is 0.700. The third-order valence-corrected chi connectivity index (χ3v) is 1.84. The van der Waals surface area contributed by atoms with Gasteiger partial charge in [-0.05, 0) is 5.92 Å². The molecule has 1 rings (SSSR count). The number of rotatable bonds is 6. The Morgan fingerprint density at radius 1 is 1.57 bits per heavy atom. The van der Waals surface area contributed by atoms with Crippen molar-refractivity contribution in [1.29, 1.82) is 0 Å². The second-order valence-corrected chi connectivity index (χ2v) is 3.78. The Morgan fingerprint density at radius 3 is 2.93 bits per heavy atom. The zero-order valence-electron chi connectivity index (χ0n) is 8.94. The summed E-state index contributed by atoms with van der Waals surface area (Å²) in [6.07, 6.45) is 3.75. The number of imidazole rings is 1. The molecule has 0 aliphatic rings. The zero-order chi connectivity index (χ0) is 10.4. The zero-order valence-corrected chi connectivity index (χ0v) is 8.94. The van der Waals surface area contributed by atoms with Gasteiger partial charge in [-0.3, -0.25) is 0 Å². The quantitative estimate of drug-likeness (QED) is 0.693. The van der Waals surface area contributed by atoms with Gasteiger partial charge in [0.1, 0.15) is 0 Å². The summed E-state index contributed by atoms with van der Waals surface area (Å²) in [5, 5.41) is 0. The van der Waals surface area contributed by atoms with E-state index in [-0.39, 0.29) is 0 Å². The number of nitrogens with two attached hydrogens (primary N) is 1. The molecule has 0 bridgehead atoms. The Kier molecular flexibility index (Phi) is 4.62. The Bertz CT molecular complexity index is 258. The molecule has 0 amide bonds. The smallest absolute Gasteiger partial charge is 0.0950 e. The second kappa shape index (κ2) is 5.78. The molecule has 0 fully saturated rings. The van der Waals surface area contributed by atoms with Crippen LogP contribution in [0.2, 0.25) is 0 Å². The molecule has 2 N–H and O–H groups in total. The van der Waals surface area contributed by atoms with Gasteiger partial charge in [0.25, 0.3) is 0 Å². The van der Waals surface area contributed by atoms with Gasteiger partial charge in [-0.25, -0.2) is 4.98 Å². The first-order valence-electron chi connectivity index (χ1n) is 5.01. The first kappa shape index (κ1) is 11.2. The topological polar surface area (TPSA) is 53.1 Å². The summed E-state index contributed by atoms with van der Waals surface area (Å²) in [5.74, 6) is 0.595. The van der Waals surface area contributed by atoms with Gasteiger partial charge in [0, 0.05) is 25.9 Å². The highest BCUT2D eigenvalue weighted by atomic mass is 16.5. The van der Waals surface area contributed by atoms with Gasteiger partial charge in [-0.15, -0.1) is 0 Å². The summed E-state index contributed by atoms with van der Waals surface area (Å²) in [6, 6.07) is 0. The standard InChI is InChI=1S/C10H19N3O/c1-9(2)7-14-4-3-13-6-10(5-11)12-8-13/h6,8-9H,3-5,7,11H2,1-2H3. The van der Waals surface area contributed by atoms with Gasteiger partial charge < -0.3 is 15.0 Å². The number of ether oxygens (including phenoxy) is 1. The molecule has 0 aliphatic heterocycles. The molecule has 0 aromatic carbocycles. The maximum absolute atomic E-state index is 5.46. The van der Waals surface area contributed by atoms with Crippen molar-refractivity contribution in [1.82, 2.24) is 9.55 Å². The minimum atomic E-state index is 0.500. The summed E-state index contributed by atoms with van der Waals surface area (Å²) in [5.41, 5.74) is 6.38.